The number of carbonyl (C=O) groups excluding carboxylic acids is 1. The highest BCUT2D eigenvalue weighted by Crippen LogP contribution is 2.56. The summed E-state index contributed by atoms with van der Waals surface area (Å²) in [4.78, 5) is 13.5. The molecule has 0 radical (unpaired) electrons. The van der Waals surface area contributed by atoms with Crippen LogP contribution in [0.2, 0.25) is 0 Å². The summed E-state index contributed by atoms with van der Waals surface area (Å²) >= 11 is 3.51. The number of nitrogens with zero attached hydrogens (tertiary/aromatic N) is 2. The van der Waals surface area contributed by atoms with Crippen molar-refractivity contribution in [1.82, 2.24) is 5.01 Å². The van der Waals surface area contributed by atoms with E-state index in [0.29, 0.717) is 29.2 Å². The zero-order valence-corrected chi connectivity index (χ0v) is 18.5. The molecular formula is C24H17BrFN3O3. The molecule has 1 N–H and O–H groups in total. The number of ether oxygens (including phenoxy) is 2. The van der Waals surface area contributed by atoms with Crippen LogP contribution in [0.3, 0.4) is 0 Å². The lowest BCUT2D eigenvalue weighted by molar-refractivity contribution is -0.161. The average molecular weight is 494 g/mol. The molecule has 6 nitrogen and oxygen atoms in total. The minimum atomic E-state index is -1.49. The third-order valence-corrected chi connectivity index (χ3v) is 6.64. The molecule has 3 aromatic carbocycles. The van der Waals surface area contributed by atoms with Crippen LogP contribution in [-0.4, -0.2) is 23.7 Å². The molecule has 0 fully saturated rings. The van der Waals surface area contributed by atoms with Crippen molar-refractivity contribution in [3.05, 3.63) is 87.6 Å². The predicted octanol–water partition coefficient (Wildman–Crippen LogP) is 4.95. The molecule has 2 atom stereocenters. The first-order chi connectivity index (χ1) is 15.5. The predicted molar refractivity (Wildman–Crippen MR) is 120 cm³/mol. The Labute approximate surface area is 191 Å². The molecule has 3 heterocycles. The minimum Gasteiger partial charge on any atom is -0.493 e. The topological polar surface area (TPSA) is 63.2 Å². The number of para-hydroxylation sites is 1. The van der Waals surface area contributed by atoms with Gasteiger partial charge in [0.25, 0.3) is 5.91 Å². The summed E-state index contributed by atoms with van der Waals surface area (Å²) in [6.45, 7) is 0. The van der Waals surface area contributed by atoms with Crippen molar-refractivity contribution >= 4 is 33.2 Å². The third-order valence-electron chi connectivity index (χ3n) is 6.15. The highest BCUT2D eigenvalue weighted by molar-refractivity contribution is 9.10. The monoisotopic (exact) mass is 493 g/mol. The lowest BCUT2D eigenvalue weighted by Crippen LogP contribution is -2.55. The van der Waals surface area contributed by atoms with Crippen molar-refractivity contribution in [3.63, 3.8) is 0 Å². The molecule has 0 aromatic heterocycles. The highest BCUT2D eigenvalue weighted by Gasteiger charge is 2.61. The van der Waals surface area contributed by atoms with Crippen LogP contribution >= 0.6 is 15.9 Å². The van der Waals surface area contributed by atoms with Gasteiger partial charge in [-0.2, -0.15) is 5.10 Å². The minimum absolute atomic E-state index is 0.260. The molecule has 3 aliphatic heterocycles. The van der Waals surface area contributed by atoms with E-state index in [0.717, 1.165) is 21.3 Å². The van der Waals surface area contributed by atoms with Crippen LogP contribution in [-0.2, 0) is 10.5 Å². The van der Waals surface area contributed by atoms with E-state index < -0.39 is 5.72 Å². The fourth-order valence-electron chi connectivity index (χ4n) is 4.68. The summed E-state index contributed by atoms with van der Waals surface area (Å²) in [5.41, 5.74) is 2.28. The number of methoxy groups -OCH3 is 1. The molecule has 0 bridgehead atoms. The molecule has 0 saturated carbocycles. The van der Waals surface area contributed by atoms with E-state index in [1.54, 1.807) is 24.3 Å². The fraction of sp³-hybridized carbons (Fsp3) is 0.167. The average Bonchev–Trinajstić information content (AvgIpc) is 3.35. The van der Waals surface area contributed by atoms with Crippen LogP contribution in [0.5, 0.6) is 11.5 Å². The quantitative estimate of drug-likeness (QED) is 0.548. The molecule has 1 spiro atoms. The maximum Gasteiger partial charge on any atom is 0.306 e. The van der Waals surface area contributed by atoms with E-state index in [1.165, 1.54) is 12.1 Å². The van der Waals surface area contributed by atoms with Crippen LogP contribution in [0.1, 0.15) is 29.2 Å². The van der Waals surface area contributed by atoms with E-state index in [1.807, 2.05) is 36.4 Å². The number of hydrogen-bond acceptors (Lipinski definition) is 5. The fourth-order valence-corrected chi connectivity index (χ4v) is 5.04. The Hall–Kier alpha value is -3.39. The first kappa shape index (κ1) is 19.3. The summed E-state index contributed by atoms with van der Waals surface area (Å²) in [5, 5.41) is 9.54. The molecule has 0 unspecified atom stereocenters. The van der Waals surface area contributed by atoms with Crippen LogP contribution in [0.15, 0.2) is 70.2 Å². The van der Waals surface area contributed by atoms with Crippen LogP contribution < -0.4 is 14.8 Å². The number of amides is 1. The van der Waals surface area contributed by atoms with Gasteiger partial charge in [0.15, 0.2) is 11.5 Å². The number of carbonyl (C=O) groups is 1. The Morgan fingerprint density at radius 1 is 1.22 bits per heavy atom. The van der Waals surface area contributed by atoms with Gasteiger partial charge in [0.2, 0.25) is 0 Å². The summed E-state index contributed by atoms with van der Waals surface area (Å²) < 4.78 is 26.4. The van der Waals surface area contributed by atoms with E-state index in [-0.39, 0.29) is 17.8 Å². The van der Waals surface area contributed by atoms with Gasteiger partial charge >= 0.3 is 5.72 Å². The molecule has 0 saturated heterocycles. The molecule has 3 aliphatic rings. The Bertz CT molecular complexity index is 1310. The van der Waals surface area contributed by atoms with Gasteiger partial charge in [-0.1, -0.05) is 40.2 Å². The Kier molecular flexibility index (Phi) is 4.10. The number of fused-ring (bicyclic) bond motifs is 6. The molecule has 3 aromatic rings. The number of anilines is 1. The van der Waals surface area contributed by atoms with Gasteiger partial charge in [0.1, 0.15) is 5.82 Å². The molecular weight excluding hydrogens is 477 g/mol. The van der Waals surface area contributed by atoms with Gasteiger partial charge in [0.05, 0.1) is 30.1 Å². The van der Waals surface area contributed by atoms with Gasteiger partial charge in [0, 0.05) is 16.5 Å². The molecule has 8 heteroatoms. The van der Waals surface area contributed by atoms with Crippen molar-refractivity contribution in [2.45, 2.75) is 18.2 Å². The SMILES string of the molecule is COc1cccc2c1O[C@]1(C(=O)Nc3ccc(Br)cc31)N1N=C(c3ccc(F)cc3)C[C@@H]21. The highest BCUT2D eigenvalue weighted by atomic mass is 79.9. The van der Waals surface area contributed by atoms with Crippen molar-refractivity contribution in [2.24, 2.45) is 5.10 Å². The Morgan fingerprint density at radius 3 is 2.81 bits per heavy atom. The maximum absolute atomic E-state index is 13.5. The molecule has 6 rings (SSSR count). The smallest absolute Gasteiger partial charge is 0.306 e. The number of hydrazone groups is 1. The van der Waals surface area contributed by atoms with Crippen molar-refractivity contribution in [2.75, 3.05) is 12.4 Å². The second-order valence-electron chi connectivity index (χ2n) is 7.89. The first-order valence-corrected chi connectivity index (χ1v) is 10.9. The number of rotatable bonds is 2. The van der Waals surface area contributed by atoms with E-state index >= 15 is 0 Å². The second-order valence-corrected chi connectivity index (χ2v) is 8.80. The van der Waals surface area contributed by atoms with Gasteiger partial charge in [-0.15, -0.1) is 0 Å². The zero-order chi connectivity index (χ0) is 22.0. The zero-order valence-electron chi connectivity index (χ0n) is 16.9. The van der Waals surface area contributed by atoms with Crippen molar-refractivity contribution in [3.8, 4) is 11.5 Å². The third kappa shape index (κ3) is 2.56. The first-order valence-electron chi connectivity index (χ1n) is 10.1. The molecule has 32 heavy (non-hydrogen) atoms. The lowest BCUT2D eigenvalue weighted by Gasteiger charge is -2.44. The molecule has 1 amide bonds. The largest absolute Gasteiger partial charge is 0.493 e. The summed E-state index contributed by atoms with van der Waals surface area (Å²) in [7, 11) is 1.58. The number of nitrogens with one attached hydrogen (secondary N) is 1. The van der Waals surface area contributed by atoms with Gasteiger partial charge < -0.3 is 14.8 Å². The van der Waals surface area contributed by atoms with Gasteiger partial charge in [-0.3, -0.25) is 4.79 Å². The van der Waals surface area contributed by atoms with Crippen molar-refractivity contribution < 1.29 is 18.7 Å². The van der Waals surface area contributed by atoms with E-state index in [2.05, 4.69) is 21.2 Å². The van der Waals surface area contributed by atoms with E-state index in [4.69, 9.17) is 14.6 Å². The Balaban J connectivity index is 1.59. The number of benzene rings is 3. The Morgan fingerprint density at radius 2 is 2.03 bits per heavy atom. The second kappa shape index (κ2) is 6.80. The lowest BCUT2D eigenvalue weighted by atomic mass is 9.92. The normalized spacial score (nSPS) is 22.6. The van der Waals surface area contributed by atoms with Crippen molar-refractivity contribution in [1.29, 1.82) is 0 Å². The number of halogens is 2. The summed E-state index contributed by atoms with van der Waals surface area (Å²) in [6.07, 6.45) is 0.535. The van der Waals surface area contributed by atoms with Crippen LogP contribution in [0, 0.1) is 5.82 Å². The van der Waals surface area contributed by atoms with Gasteiger partial charge in [-0.05, 0) is 42.0 Å². The maximum atomic E-state index is 13.5. The van der Waals surface area contributed by atoms with Crippen LogP contribution in [0.25, 0.3) is 0 Å². The standard InChI is InChI=1S/C24H17BrFN3O3/c1-31-21-4-2-3-16-20-12-19(13-5-8-15(26)9-6-13)28-29(20)24(32-22(16)21)17-11-14(25)7-10-18(17)27-23(24)30/h2-11,20H,12H2,1H3,(H,27,30)/t20-,24+/m0/s1. The molecule has 160 valence electrons. The summed E-state index contributed by atoms with van der Waals surface area (Å²) in [6, 6.07) is 17.2. The van der Waals surface area contributed by atoms with Gasteiger partial charge in [-0.25, -0.2) is 9.40 Å². The number of hydrogen-bond donors (Lipinski definition) is 1. The molecule has 0 aliphatic carbocycles. The summed E-state index contributed by atoms with van der Waals surface area (Å²) in [5.74, 6) is 0.438. The van der Waals surface area contributed by atoms with Crippen LogP contribution in [0.4, 0.5) is 10.1 Å². The van der Waals surface area contributed by atoms with E-state index in [9.17, 15) is 9.18 Å².